The van der Waals surface area contributed by atoms with Crippen molar-refractivity contribution in [1.29, 1.82) is 0 Å². The third-order valence-corrected chi connectivity index (χ3v) is 4.00. The number of carbonyl (C=O) groups is 1. The average Bonchev–Trinajstić information content (AvgIpc) is 2.46. The van der Waals surface area contributed by atoms with Gasteiger partial charge in [0.1, 0.15) is 5.75 Å². The Morgan fingerprint density at radius 1 is 1.29 bits per heavy atom. The van der Waals surface area contributed by atoms with Crippen molar-refractivity contribution in [3.05, 3.63) is 56.5 Å². The van der Waals surface area contributed by atoms with Crippen molar-refractivity contribution < 1.29 is 9.53 Å². The highest BCUT2D eigenvalue weighted by molar-refractivity contribution is 9.10. The van der Waals surface area contributed by atoms with Crippen molar-refractivity contribution in [2.45, 2.75) is 6.92 Å². The molecule has 2 rings (SSSR count). The van der Waals surface area contributed by atoms with Gasteiger partial charge in [-0.3, -0.25) is 4.79 Å². The number of carbonyl (C=O) groups excluding carboxylic acids is 1. The van der Waals surface area contributed by atoms with Gasteiger partial charge in [-0.25, -0.2) is 0 Å². The largest absolute Gasteiger partial charge is 0.493 e. The van der Waals surface area contributed by atoms with Crippen LogP contribution in [0, 0.1) is 0 Å². The molecule has 3 nitrogen and oxygen atoms in total. The Labute approximate surface area is 141 Å². The summed E-state index contributed by atoms with van der Waals surface area (Å²) in [6, 6.07) is 10.3. The molecule has 0 heterocycles. The number of rotatable bonds is 4. The zero-order valence-corrected chi connectivity index (χ0v) is 14.2. The van der Waals surface area contributed by atoms with Crippen LogP contribution in [0.4, 0.5) is 5.69 Å². The predicted octanol–water partition coefficient (Wildman–Crippen LogP) is 5.41. The standard InChI is InChI=1S/C15H12BrCl2NO2/c1-2-21-13-7-6-9(16)8-10(13)15(20)19-12-5-3-4-11(17)14(12)18/h3-8H,2H2,1H3,(H,19,20). The van der Waals surface area contributed by atoms with Crippen LogP contribution in [0.1, 0.15) is 17.3 Å². The van der Waals surface area contributed by atoms with E-state index in [-0.39, 0.29) is 5.91 Å². The Kier molecular flexibility index (Phi) is 5.51. The molecule has 0 bridgehead atoms. The molecule has 0 aliphatic carbocycles. The third kappa shape index (κ3) is 3.90. The molecule has 0 saturated heterocycles. The van der Waals surface area contributed by atoms with Crippen molar-refractivity contribution in [3.8, 4) is 5.75 Å². The van der Waals surface area contributed by atoms with Crippen molar-refractivity contribution in [1.82, 2.24) is 0 Å². The lowest BCUT2D eigenvalue weighted by Gasteiger charge is -2.12. The Balaban J connectivity index is 2.32. The predicted molar refractivity (Wildman–Crippen MR) is 89.7 cm³/mol. The quantitative estimate of drug-likeness (QED) is 0.760. The highest BCUT2D eigenvalue weighted by Crippen LogP contribution is 2.31. The summed E-state index contributed by atoms with van der Waals surface area (Å²) in [5, 5.41) is 3.43. The molecular formula is C15H12BrCl2NO2. The fourth-order valence-electron chi connectivity index (χ4n) is 1.75. The zero-order chi connectivity index (χ0) is 15.4. The molecule has 0 saturated carbocycles. The van der Waals surface area contributed by atoms with Crippen LogP contribution in [0.25, 0.3) is 0 Å². The van der Waals surface area contributed by atoms with Crippen molar-refractivity contribution >= 4 is 50.7 Å². The highest BCUT2D eigenvalue weighted by atomic mass is 79.9. The molecule has 1 N–H and O–H groups in total. The molecule has 0 atom stereocenters. The molecule has 0 aliphatic heterocycles. The van der Waals surface area contributed by atoms with E-state index in [2.05, 4.69) is 21.2 Å². The van der Waals surface area contributed by atoms with Gasteiger partial charge in [-0.15, -0.1) is 0 Å². The van der Waals surface area contributed by atoms with Crippen LogP contribution < -0.4 is 10.1 Å². The molecule has 0 fully saturated rings. The van der Waals surface area contributed by atoms with Gasteiger partial charge in [0.05, 0.1) is 27.9 Å². The second kappa shape index (κ2) is 7.16. The molecule has 0 spiro atoms. The number of nitrogens with one attached hydrogen (secondary N) is 1. The maximum Gasteiger partial charge on any atom is 0.259 e. The van der Waals surface area contributed by atoms with Gasteiger partial charge in [-0.1, -0.05) is 45.2 Å². The van der Waals surface area contributed by atoms with Crippen LogP contribution in [-0.2, 0) is 0 Å². The van der Waals surface area contributed by atoms with Gasteiger partial charge in [-0.05, 0) is 37.3 Å². The minimum absolute atomic E-state index is 0.306. The molecule has 21 heavy (non-hydrogen) atoms. The lowest BCUT2D eigenvalue weighted by Crippen LogP contribution is -2.14. The summed E-state index contributed by atoms with van der Waals surface area (Å²) in [5.41, 5.74) is 0.874. The second-order valence-corrected chi connectivity index (χ2v) is 5.83. The van der Waals surface area contributed by atoms with Crippen LogP contribution in [0.5, 0.6) is 5.75 Å². The van der Waals surface area contributed by atoms with E-state index in [4.69, 9.17) is 27.9 Å². The average molecular weight is 389 g/mol. The van der Waals surface area contributed by atoms with Crippen molar-refractivity contribution in [2.24, 2.45) is 0 Å². The molecule has 0 aliphatic rings. The van der Waals surface area contributed by atoms with E-state index in [1.807, 2.05) is 13.0 Å². The first-order valence-corrected chi connectivity index (χ1v) is 7.75. The van der Waals surface area contributed by atoms with Gasteiger partial charge in [0.2, 0.25) is 0 Å². The molecule has 1 amide bonds. The van der Waals surface area contributed by atoms with Crippen LogP contribution >= 0.6 is 39.1 Å². The summed E-state index contributed by atoms with van der Waals surface area (Å²) >= 11 is 15.3. The van der Waals surface area contributed by atoms with Crippen LogP contribution in [-0.4, -0.2) is 12.5 Å². The van der Waals surface area contributed by atoms with E-state index in [1.165, 1.54) is 0 Å². The van der Waals surface area contributed by atoms with Crippen molar-refractivity contribution in [3.63, 3.8) is 0 Å². The molecule has 0 unspecified atom stereocenters. The monoisotopic (exact) mass is 387 g/mol. The lowest BCUT2D eigenvalue weighted by atomic mass is 10.2. The van der Waals surface area contributed by atoms with E-state index in [1.54, 1.807) is 30.3 Å². The molecular weight excluding hydrogens is 377 g/mol. The Hall–Kier alpha value is -1.23. The number of anilines is 1. The third-order valence-electron chi connectivity index (χ3n) is 2.69. The van der Waals surface area contributed by atoms with Gasteiger partial charge in [0.25, 0.3) is 5.91 Å². The van der Waals surface area contributed by atoms with Gasteiger partial charge >= 0.3 is 0 Å². The summed E-state index contributed by atoms with van der Waals surface area (Å²) in [6.07, 6.45) is 0. The maximum atomic E-state index is 12.4. The molecule has 0 radical (unpaired) electrons. The Morgan fingerprint density at radius 2 is 2.05 bits per heavy atom. The second-order valence-electron chi connectivity index (χ2n) is 4.13. The summed E-state index contributed by atoms with van der Waals surface area (Å²) < 4.78 is 6.25. The van der Waals surface area contributed by atoms with Crippen LogP contribution in [0.2, 0.25) is 10.0 Å². The fourth-order valence-corrected chi connectivity index (χ4v) is 2.46. The number of hydrogen-bond acceptors (Lipinski definition) is 2. The topological polar surface area (TPSA) is 38.3 Å². The number of ether oxygens (including phenoxy) is 1. The van der Waals surface area contributed by atoms with Gasteiger partial charge in [0, 0.05) is 4.47 Å². The first-order chi connectivity index (χ1) is 10.0. The number of hydrogen-bond donors (Lipinski definition) is 1. The first-order valence-electron chi connectivity index (χ1n) is 6.20. The lowest BCUT2D eigenvalue weighted by molar-refractivity contribution is 0.102. The van der Waals surface area contributed by atoms with E-state index in [9.17, 15) is 4.79 Å². The minimum atomic E-state index is -0.316. The first kappa shape index (κ1) is 16.1. The normalized spacial score (nSPS) is 10.3. The number of benzene rings is 2. The van der Waals surface area contributed by atoms with Crippen LogP contribution in [0.15, 0.2) is 40.9 Å². The molecule has 6 heteroatoms. The molecule has 110 valence electrons. The van der Waals surface area contributed by atoms with E-state index in [0.717, 1.165) is 4.47 Å². The SMILES string of the molecule is CCOc1ccc(Br)cc1C(=O)Nc1cccc(Cl)c1Cl. The van der Waals surface area contributed by atoms with E-state index >= 15 is 0 Å². The van der Waals surface area contributed by atoms with Gasteiger partial charge in [0.15, 0.2) is 0 Å². The zero-order valence-electron chi connectivity index (χ0n) is 11.1. The minimum Gasteiger partial charge on any atom is -0.493 e. The van der Waals surface area contributed by atoms with Gasteiger partial charge in [-0.2, -0.15) is 0 Å². The number of halogens is 3. The Bertz CT molecular complexity index is 677. The summed E-state index contributed by atoms with van der Waals surface area (Å²) in [4.78, 5) is 12.4. The van der Waals surface area contributed by atoms with Gasteiger partial charge < -0.3 is 10.1 Å². The van der Waals surface area contributed by atoms with Crippen LogP contribution in [0.3, 0.4) is 0 Å². The molecule has 2 aromatic carbocycles. The highest BCUT2D eigenvalue weighted by Gasteiger charge is 2.15. The summed E-state index contributed by atoms with van der Waals surface area (Å²) in [5.74, 6) is 0.195. The number of amides is 1. The smallest absolute Gasteiger partial charge is 0.259 e. The summed E-state index contributed by atoms with van der Waals surface area (Å²) in [7, 11) is 0. The summed E-state index contributed by atoms with van der Waals surface area (Å²) in [6.45, 7) is 2.33. The van der Waals surface area contributed by atoms with E-state index in [0.29, 0.717) is 33.7 Å². The maximum absolute atomic E-state index is 12.4. The van der Waals surface area contributed by atoms with Crippen molar-refractivity contribution in [2.75, 3.05) is 11.9 Å². The Morgan fingerprint density at radius 3 is 2.76 bits per heavy atom. The molecule has 0 aromatic heterocycles. The fraction of sp³-hybridized carbons (Fsp3) is 0.133. The molecule has 2 aromatic rings. The van der Waals surface area contributed by atoms with E-state index < -0.39 is 0 Å².